The quantitative estimate of drug-likeness (QED) is 0.337. The molecule has 0 fully saturated rings. The smallest absolute Gasteiger partial charge is 0.266 e. The van der Waals surface area contributed by atoms with E-state index >= 15 is 0 Å². The van der Waals surface area contributed by atoms with Crippen molar-refractivity contribution in [1.82, 2.24) is 14.9 Å². The van der Waals surface area contributed by atoms with Crippen LogP contribution in [-0.4, -0.2) is 56.2 Å². The maximum absolute atomic E-state index is 13.5. The van der Waals surface area contributed by atoms with Crippen molar-refractivity contribution in [1.29, 1.82) is 0 Å². The average Bonchev–Trinajstić information content (AvgIpc) is 3.42. The van der Waals surface area contributed by atoms with Crippen LogP contribution in [0, 0.1) is 0 Å². The minimum Gasteiger partial charge on any atom is -0.497 e. The van der Waals surface area contributed by atoms with E-state index in [1.54, 1.807) is 37.9 Å². The zero-order valence-electron chi connectivity index (χ0n) is 20.4. The summed E-state index contributed by atoms with van der Waals surface area (Å²) in [5, 5.41) is 0.821. The standard InChI is InChI=1S/C26H28N4O4S/c1-29(2)25-18(12-20-21(33-4)10-11-22(34-5)24(20)28-25)15-30(26(31)23-13-27-16-35-23)14-17-6-8-19(32-3)9-7-17/h6-13,16H,14-15H2,1-5H3. The number of aromatic nitrogens is 2. The van der Waals surface area contributed by atoms with E-state index in [2.05, 4.69) is 4.98 Å². The third-order valence-electron chi connectivity index (χ3n) is 5.65. The summed E-state index contributed by atoms with van der Waals surface area (Å²) in [4.78, 5) is 26.8. The summed E-state index contributed by atoms with van der Waals surface area (Å²) in [7, 11) is 8.75. The number of amides is 1. The lowest BCUT2D eigenvalue weighted by molar-refractivity contribution is 0.0735. The molecule has 9 heteroatoms. The largest absolute Gasteiger partial charge is 0.497 e. The molecule has 0 saturated carbocycles. The summed E-state index contributed by atoms with van der Waals surface area (Å²) in [6, 6.07) is 13.4. The molecule has 0 bridgehead atoms. The van der Waals surface area contributed by atoms with Gasteiger partial charge in [-0.3, -0.25) is 9.78 Å². The molecule has 0 N–H and O–H groups in total. The van der Waals surface area contributed by atoms with E-state index < -0.39 is 0 Å². The Labute approximate surface area is 208 Å². The number of hydrogen-bond acceptors (Lipinski definition) is 8. The van der Waals surface area contributed by atoms with Gasteiger partial charge in [-0.15, -0.1) is 11.3 Å². The number of pyridine rings is 1. The molecule has 2 heterocycles. The predicted octanol–water partition coefficient (Wildman–Crippen LogP) is 4.63. The van der Waals surface area contributed by atoms with Crippen LogP contribution in [0.4, 0.5) is 5.82 Å². The van der Waals surface area contributed by atoms with E-state index in [1.807, 2.05) is 61.5 Å². The fourth-order valence-electron chi connectivity index (χ4n) is 3.92. The Morgan fingerprint density at radius 1 is 0.943 bits per heavy atom. The molecular formula is C26H28N4O4S. The predicted molar refractivity (Wildman–Crippen MR) is 138 cm³/mol. The van der Waals surface area contributed by atoms with Gasteiger partial charge in [-0.1, -0.05) is 12.1 Å². The van der Waals surface area contributed by atoms with Crippen molar-refractivity contribution in [2.45, 2.75) is 13.1 Å². The van der Waals surface area contributed by atoms with Crippen LogP contribution in [0.5, 0.6) is 17.2 Å². The first-order valence-electron chi connectivity index (χ1n) is 11.0. The van der Waals surface area contributed by atoms with E-state index in [4.69, 9.17) is 19.2 Å². The van der Waals surface area contributed by atoms with E-state index in [-0.39, 0.29) is 5.91 Å². The second-order valence-corrected chi connectivity index (χ2v) is 8.99. The lowest BCUT2D eigenvalue weighted by Crippen LogP contribution is -2.30. The minimum absolute atomic E-state index is 0.0919. The number of benzene rings is 2. The van der Waals surface area contributed by atoms with Crippen molar-refractivity contribution in [3.63, 3.8) is 0 Å². The van der Waals surface area contributed by atoms with Crippen LogP contribution < -0.4 is 19.1 Å². The van der Waals surface area contributed by atoms with Crippen molar-refractivity contribution < 1.29 is 19.0 Å². The number of fused-ring (bicyclic) bond motifs is 1. The Morgan fingerprint density at radius 3 is 2.26 bits per heavy atom. The van der Waals surface area contributed by atoms with Gasteiger partial charge in [-0.25, -0.2) is 4.98 Å². The molecule has 2 aromatic heterocycles. The van der Waals surface area contributed by atoms with Gasteiger partial charge in [0, 0.05) is 31.6 Å². The fourth-order valence-corrected chi connectivity index (χ4v) is 4.51. The SMILES string of the molecule is COc1ccc(CN(Cc2cc3c(OC)ccc(OC)c3nc2N(C)C)C(=O)c2cncs2)cc1. The van der Waals surface area contributed by atoms with E-state index in [1.165, 1.54) is 11.3 Å². The molecule has 0 aliphatic rings. The number of nitrogens with zero attached hydrogens (tertiary/aromatic N) is 4. The third-order valence-corrected chi connectivity index (χ3v) is 6.41. The minimum atomic E-state index is -0.0919. The molecule has 2 aromatic carbocycles. The molecule has 4 aromatic rings. The van der Waals surface area contributed by atoms with Gasteiger partial charge in [0.25, 0.3) is 5.91 Å². The first kappa shape index (κ1) is 24.3. The maximum atomic E-state index is 13.5. The van der Waals surface area contributed by atoms with Gasteiger partial charge in [-0.2, -0.15) is 0 Å². The second kappa shape index (κ2) is 10.6. The van der Waals surface area contributed by atoms with Crippen molar-refractivity contribution in [3.05, 3.63) is 70.2 Å². The summed E-state index contributed by atoms with van der Waals surface area (Å²) in [6.07, 6.45) is 1.60. The molecule has 0 spiro atoms. The van der Waals surface area contributed by atoms with Gasteiger partial charge in [0.1, 0.15) is 33.5 Å². The molecule has 0 radical (unpaired) electrons. The zero-order valence-corrected chi connectivity index (χ0v) is 21.3. The number of carbonyl (C=O) groups excluding carboxylic acids is 1. The van der Waals surface area contributed by atoms with E-state index in [9.17, 15) is 4.79 Å². The highest BCUT2D eigenvalue weighted by molar-refractivity contribution is 7.11. The van der Waals surface area contributed by atoms with Crippen LogP contribution in [-0.2, 0) is 13.1 Å². The topological polar surface area (TPSA) is 77.0 Å². The molecule has 0 saturated heterocycles. The lowest BCUT2D eigenvalue weighted by Gasteiger charge is -2.26. The average molecular weight is 493 g/mol. The highest BCUT2D eigenvalue weighted by atomic mass is 32.1. The maximum Gasteiger partial charge on any atom is 0.266 e. The summed E-state index contributed by atoms with van der Waals surface area (Å²) in [6.45, 7) is 0.764. The molecule has 8 nitrogen and oxygen atoms in total. The fraction of sp³-hybridized carbons (Fsp3) is 0.269. The van der Waals surface area contributed by atoms with Gasteiger partial charge < -0.3 is 24.0 Å². The lowest BCUT2D eigenvalue weighted by atomic mass is 10.1. The summed E-state index contributed by atoms with van der Waals surface area (Å²) in [5.41, 5.74) is 4.25. The van der Waals surface area contributed by atoms with Crippen LogP contribution in [0.3, 0.4) is 0 Å². The van der Waals surface area contributed by atoms with Crippen molar-refractivity contribution in [2.24, 2.45) is 0 Å². The molecule has 0 unspecified atom stereocenters. The Balaban J connectivity index is 1.79. The zero-order chi connectivity index (χ0) is 24.9. The Bertz CT molecular complexity index is 1310. The van der Waals surface area contributed by atoms with E-state index in [0.29, 0.717) is 35.0 Å². The molecule has 182 valence electrons. The second-order valence-electron chi connectivity index (χ2n) is 8.11. The molecule has 35 heavy (non-hydrogen) atoms. The normalized spacial score (nSPS) is 10.8. The van der Waals surface area contributed by atoms with Crippen molar-refractivity contribution >= 4 is 34.0 Å². The van der Waals surface area contributed by atoms with Crippen LogP contribution in [0.15, 0.2) is 54.2 Å². The summed E-state index contributed by atoms with van der Waals surface area (Å²) in [5.74, 6) is 2.77. The van der Waals surface area contributed by atoms with Gasteiger partial charge in [0.15, 0.2) is 0 Å². The monoisotopic (exact) mass is 492 g/mol. The van der Waals surface area contributed by atoms with Crippen LogP contribution in [0.25, 0.3) is 10.9 Å². The van der Waals surface area contributed by atoms with Crippen LogP contribution in [0.1, 0.15) is 20.8 Å². The third kappa shape index (κ3) is 5.14. The van der Waals surface area contributed by atoms with Crippen LogP contribution in [0.2, 0.25) is 0 Å². The number of methoxy groups -OCH3 is 3. The number of anilines is 1. The van der Waals surface area contributed by atoms with Gasteiger partial charge in [0.05, 0.1) is 39.6 Å². The number of thiazole rings is 1. The van der Waals surface area contributed by atoms with E-state index in [0.717, 1.165) is 28.1 Å². The molecule has 0 aliphatic carbocycles. The molecule has 4 rings (SSSR count). The molecular weight excluding hydrogens is 464 g/mol. The Hall–Kier alpha value is -3.85. The van der Waals surface area contributed by atoms with Gasteiger partial charge >= 0.3 is 0 Å². The summed E-state index contributed by atoms with van der Waals surface area (Å²) >= 11 is 1.33. The van der Waals surface area contributed by atoms with Gasteiger partial charge in [-0.05, 0) is 35.9 Å². The molecule has 1 amide bonds. The molecule has 0 aliphatic heterocycles. The molecule has 0 atom stereocenters. The Morgan fingerprint density at radius 2 is 1.66 bits per heavy atom. The number of ether oxygens (including phenoxy) is 3. The Kier molecular flexibility index (Phi) is 7.36. The number of carbonyl (C=O) groups is 1. The number of hydrogen-bond donors (Lipinski definition) is 0. The van der Waals surface area contributed by atoms with Crippen molar-refractivity contribution in [2.75, 3.05) is 40.3 Å². The highest BCUT2D eigenvalue weighted by Crippen LogP contribution is 2.35. The van der Waals surface area contributed by atoms with Crippen LogP contribution >= 0.6 is 11.3 Å². The van der Waals surface area contributed by atoms with Crippen molar-refractivity contribution in [3.8, 4) is 17.2 Å². The first-order valence-corrected chi connectivity index (χ1v) is 11.9. The van der Waals surface area contributed by atoms with Gasteiger partial charge in [0.2, 0.25) is 0 Å². The summed E-state index contributed by atoms with van der Waals surface area (Å²) < 4.78 is 16.4. The number of rotatable bonds is 9. The first-order chi connectivity index (χ1) is 16.9. The highest BCUT2D eigenvalue weighted by Gasteiger charge is 2.22.